The van der Waals surface area contributed by atoms with E-state index in [0.29, 0.717) is 17.0 Å². The van der Waals surface area contributed by atoms with Crippen LogP contribution in [-0.2, 0) is 15.0 Å². The van der Waals surface area contributed by atoms with Crippen molar-refractivity contribution in [2.24, 2.45) is 17.8 Å². The number of amides is 4. The number of carbonyl (C=O) groups is 4. The number of furan rings is 1. The molecule has 202 valence electrons. The normalized spacial score (nSPS) is 28.3. The number of carbonyl (C=O) groups excluding carboxylic acids is 3. The van der Waals surface area contributed by atoms with Crippen LogP contribution < -0.4 is 10.2 Å². The number of hydrogen-bond donors (Lipinski definition) is 2. The highest BCUT2D eigenvalue weighted by Gasteiger charge is 2.51. The lowest BCUT2D eigenvalue weighted by Crippen LogP contribution is -2.54. The van der Waals surface area contributed by atoms with Crippen molar-refractivity contribution in [1.82, 2.24) is 5.32 Å². The highest BCUT2D eigenvalue weighted by atomic mass is 16.4. The molecule has 1 aliphatic heterocycles. The summed E-state index contributed by atoms with van der Waals surface area (Å²) in [7, 11) is 0. The number of nitrogens with one attached hydrogen (secondary N) is 1. The summed E-state index contributed by atoms with van der Waals surface area (Å²) in [6.07, 6.45) is 9.05. The smallest absolute Gasteiger partial charge is 0.335 e. The maximum atomic E-state index is 13.4. The average Bonchev–Trinajstić information content (AvgIpc) is 3.39. The Hall–Kier alpha value is -4.46. The second kappa shape index (κ2) is 9.05. The van der Waals surface area contributed by atoms with E-state index in [1.54, 1.807) is 24.3 Å². The fraction of sp³-hybridized carbons (Fsp3) is 0.312. The number of carboxylic acid groups (broad SMARTS) is 1. The minimum atomic E-state index is -1.03. The minimum Gasteiger partial charge on any atom is -0.478 e. The zero-order chi connectivity index (χ0) is 27.6. The van der Waals surface area contributed by atoms with E-state index in [2.05, 4.69) is 17.4 Å². The molecule has 4 aliphatic carbocycles. The third-order valence-corrected chi connectivity index (χ3v) is 9.21. The predicted octanol–water partition coefficient (Wildman–Crippen LogP) is 5.78. The number of urea groups is 1. The maximum Gasteiger partial charge on any atom is 0.335 e. The molecule has 0 unspecified atom stereocenters. The Morgan fingerprint density at radius 1 is 0.875 bits per heavy atom. The van der Waals surface area contributed by atoms with E-state index in [9.17, 15) is 19.2 Å². The van der Waals surface area contributed by atoms with Gasteiger partial charge in [0.15, 0.2) is 0 Å². The van der Waals surface area contributed by atoms with Gasteiger partial charge in [-0.05, 0) is 110 Å². The lowest BCUT2D eigenvalue weighted by atomic mass is 9.48. The van der Waals surface area contributed by atoms with E-state index in [0.717, 1.165) is 22.7 Å². The van der Waals surface area contributed by atoms with Crippen LogP contribution in [-0.4, -0.2) is 28.9 Å². The first-order chi connectivity index (χ1) is 19.3. The first-order valence-corrected chi connectivity index (χ1v) is 13.7. The van der Waals surface area contributed by atoms with Gasteiger partial charge in [-0.15, -0.1) is 0 Å². The van der Waals surface area contributed by atoms with Gasteiger partial charge in [0.1, 0.15) is 17.1 Å². The summed E-state index contributed by atoms with van der Waals surface area (Å²) < 4.78 is 5.81. The number of imide groups is 2. The van der Waals surface area contributed by atoms with E-state index in [-0.39, 0.29) is 22.3 Å². The number of barbiturate groups is 1. The average molecular weight is 537 g/mol. The van der Waals surface area contributed by atoms with Crippen molar-refractivity contribution in [2.75, 3.05) is 4.90 Å². The molecule has 5 fully saturated rings. The van der Waals surface area contributed by atoms with Crippen LogP contribution in [0.5, 0.6) is 0 Å². The SMILES string of the molecule is O=C1NC(=O)N(c2ccc(C34CC5CC(CC(C5)C3)C4)cc2)C(=O)/C1=C/c1ccc(-c2ccc(C(=O)O)cc2)o1. The van der Waals surface area contributed by atoms with Crippen LogP contribution in [0.3, 0.4) is 0 Å². The Kier molecular flexibility index (Phi) is 5.56. The van der Waals surface area contributed by atoms with Gasteiger partial charge >= 0.3 is 12.0 Å². The topological polar surface area (TPSA) is 117 Å². The summed E-state index contributed by atoms with van der Waals surface area (Å²) in [5.41, 5.74) is 2.47. The second-order valence-electron chi connectivity index (χ2n) is 11.8. The zero-order valence-corrected chi connectivity index (χ0v) is 21.8. The summed E-state index contributed by atoms with van der Waals surface area (Å²) >= 11 is 0. The molecule has 8 nitrogen and oxygen atoms in total. The Morgan fingerprint density at radius 3 is 2.10 bits per heavy atom. The number of hydrogen-bond acceptors (Lipinski definition) is 5. The van der Waals surface area contributed by atoms with Crippen LogP contribution >= 0.6 is 0 Å². The van der Waals surface area contributed by atoms with Crippen LogP contribution in [0, 0.1) is 17.8 Å². The van der Waals surface area contributed by atoms with E-state index < -0.39 is 23.8 Å². The van der Waals surface area contributed by atoms with Crippen molar-refractivity contribution in [3.8, 4) is 11.3 Å². The Bertz CT molecular complexity index is 1540. The monoisotopic (exact) mass is 536 g/mol. The molecule has 0 radical (unpaired) electrons. The molecule has 3 aromatic rings. The lowest BCUT2D eigenvalue weighted by Gasteiger charge is -2.57. The van der Waals surface area contributed by atoms with Gasteiger partial charge in [0.2, 0.25) is 0 Å². The molecule has 4 saturated carbocycles. The number of benzene rings is 2. The van der Waals surface area contributed by atoms with Gasteiger partial charge in [0.25, 0.3) is 11.8 Å². The molecular formula is C32H28N2O6. The standard InChI is InChI=1S/C32H28N2O6/c35-28-26(14-25-9-10-27(40-25)21-1-3-22(4-2-21)30(37)38)29(36)34(31(39)33-28)24-7-5-23(6-8-24)32-15-18-11-19(16-32)13-20(12-18)17-32/h1-10,14,18-20H,11-13,15-17H2,(H,37,38)(H,33,35,39)/b26-14+. The summed E-state index contributed by atoms with van der Waals surface area (Å²) in [6.45, 7) is 0. The fourth-order valence-electron chi connectivity index (χ4n) is 7.83. The van der Waals surface area contributed by atoms with E-state index >= 15 is 0 Å². The predicted molar refractivity (Wildman–Crippen MR) is 146 cm³/mol. The van der Waals surface area contributed by atoms with Crippen molar-refractivity contribution < 1.29 is 28.7 Å². The van der Waals surface area contributed by atoms with Gasteiger partial charge < -0.3 is 9.52 Å². The van der Waals surface area contributed by atoms with Gasteiger partial charge in [-0.1, -0.05) is 24.3 Å². The zero-order valence-electron chi connectivity index (χ0n) is 21.8. The number of rotatable bonds is 5. The molecule has 40 heavy (non-hydrogen) atoms. The Morgan fingerprint density at radius 2 is 1.50 bits per heavy atom. The number of nitrogens with zero attached hydrogens (tertiary/aromatic N) is 1. The third-order valence-electron chi connectivity index (χ3n) is 9.21. The molecule has 4 bridgehead atoms. The number of carboxylic acids is 1. The summed E-state index contributed by atoms with van der Waals surface area (Å²) in [5.74, 6) is 0.587. The van der Waals surface area contributed by atoms with Crippen molar-refractivity contribution in [2.45, 2.75) is 43.9 Å². The molecule has 0 spiro atoms. The first kappa shape index (κ1) is 24.6. The highest BCUT2D eigenvalue weighted by molar-refractivity contribution is 6.39. The van der Waals surface area contributed by atoms with E-state index in [1.807, 2.05) is 12.1 Å². The molecule has 2 heterocycles. The van der Waals surface area contributed by atoms with Crippen LogP contribution in [0.1, 0.15) is 60.2 Å². The van der Waals surface area contributed by atoms with E-state index in [1.165, 1.54) is 62.3 Å². The van der Waals surface area contributed by atoms with Crippen LogP contribution in [0.2, 0.25) is 0 Å². The third kappa shape index (κ3) is 4.06. The first-order valence-electron chi connectivity index (χ1n) is 13.7. The van der Waals surface area contributed by atoms with Gasteiger partial charge in [-0.3, -0.25) is 14.9 Å². The fourth-order valence-corrected chi connectivity index (χ4v) is 7.83. The molecule has 1 saturated heterocycles. The van der Waals surface area contributed by atoms with Gasteiger partial charge in [-0.25, -0.2) is 14.5 Å². The van der Waals surface area contributed by atoms with Gasteiger partial charge in [0, 0.05) is 5.56 Å². The molecule has 8 rings (SSSR count). The van der Waals surface area contributed by atoms with Crippen LogP contribution in [0.15, 0.2) is 70.7 Å². The molecule has 0 atom stereocenters. The Balaban J connectivity index is 1.13. The van der Waals surface area contributed by atoms with Crippen molar-refractivity contribution in [3.05, 3.63) is 83.1 Å². The molecule has 8 heteroatoms. The largest absolute Gasteiger partial charge is 0.478 e. The highest BCUT2D eigenvalue weighted by Crippen LogP contribution is 2.60. The lowest BCUT2D eigenvalue weighted by molar-refractivity contribution is -0.122. The van der Waals surface area contributed by atoms with Gasteiger partial charge in [-0.2, -0.15) is 0 Å². The van der Waals surface area contributed by atoms with E-state index in [4.69, 9.17) is 9.52 Å². The van der Waals surface area contributed by atoms with Crippen LogP contribution in [0.4, 0.5) is 10.5 Å². The second-order valence-corrected chi connectivity index (χ2v) is 11.8. The Labute approximate surface area is 230 Å². The molecule has 4 amide bonds. The number of aromatic carboxylic acids is 1. The van der Waals surface area contributed by atoms with Crippen molar-refractivity contribution in [3.63, 3.8) is 0 Å². The van der Waals surface area contributed by atoms with Crippen LogP contribution in [0.25, 0.3) is 17.4 Å². The van der Waals surface area contributed by atoms with Crippen molar-refractivity contribution in [1.29, 1.82) is 0 Å². The summed E-state index contributed by atoms with van der Waals surface area (Å²) in [6, 6.07) is 16.4. The molecule has 2 aromatic carbocycles. The minimum absolute atomic E-state index is 0.151. The quantitative estimate of drug-likeness (QED) is 0.315. The maximum absolute atomic E-state index is 13.4. The van der Waals surface area contributed by atoms with Crippen molar-refractivity contribution >= 4 is 35.6 Å². The molecule has 1 aromatic heterocycles. The number of anilines is 1. The summed E-state index contributed by atoms with van der Waals surface area (Å²) in [4.78, 5) is 50.9. The molecular weight excluding hydrogens is 508 g/mol. The molecule has 5 aliphatic rings. The van der Waals surface area contributed by atoms with Gasteiger partial charge in [0.05, 0.1) is 11.3 Å². The molecule has 2 N–H and O–H groups in total. The summed E-state index contributed by atoms with van der Waals surface area (Å²) in [5, 5.41) is 11.4.